The summed E-state index contributed by atoms with van der Waals surface area (Å²) in [4.78, 5) is 10.4. The van der Waals surface area contributed by atoms with Crippen LogP contribution in [0.3, 0.4) is 0 Å². The van der Waals surface area contributed by atoms with Crippen LogP contribution < -0.4 is 4.90 Å². The third kappa shape index (κ3) is 3.63. The van der Waals surface area contributed by atoms with Crippen LogP contribution in [0.1, 0.15) is 18.9 Å². The molecule has 96 valence electrons. The number of halogens is 2. The van der Waals surface area contributed by atoms with E-state index in [4.69, 9.17) is 23.2 Å². The van der Waals surface area contributed by atoms with E-state index in [-0.39, 0.29) is 0 Å². The smallest absolute Gasteiger partial charge is 0.138 e. The predicted octanol–water partition coefficient (Wildman–Crippen LogP) is 3.45. The molecule has 1 rings (SSSR count). The lowest BCUT2D eigenvalue weighted by atomic mass is 10.2. The largest absolute Gasteiger partial charge is 0.355 e. The third-order valence-electron chi connectivity index (χ3n) is 2.72. The highest BCUT2D eigenvalue weighted by Crippen LogP contribution is 2.26. The SMILES string of the molecule is CCC(CSC)N(C)c1ncnc(Cl)c1CCl. The van der Waals surface area contributed by atoms with Crippen LogP contribution in [0.2, 0.25) is 5.15 Å². The minimum absolute atomic E-state index is 0.328. The van der Waals surface area contributed by atoms with E-state index in [0.717, 1.165) is 23.6 Å². The zero-order valence-electron chi connectivity index (χ0n) is 10.3. The van der Waals surface area contributed by atoms with Gasteiger partial charge in [0.2, 0.25) is 0 Å². The average Bonchev–Trinajstić information content (AvgIpc) is 2.34. The molecule has 1 atom stereocenters. The molecule has 0 aliphatic carbocycles. The molecule has 0 spiro atoms. The van der Waals surface area contributed by atoms with Crippen LogP contribution in [0, 0.1) is 0 Å². The Labute approximate surface area is 117 Å². The lowest BCUT2D eigenvalue weighted by molar-refractivity contribution is 0.663. The summed E-state index contributed by atoms with van der Waals surface area (Å²) in [5.41, 5.74) is 0.804. The van der Waals surface area contributed by atoms with E-state index in [1.165, 1.54) is 6.33 Å². The van der Waals surface area contributed by atoms with Crippen LogP contribution in [-0.4, -0.2) is 35.1 Å². The first kappa shape index (κ1) is 14.9. The van der Waals surface area contributed by atoms with Gasteiger partial charge >= 0.3 is 0 Å². The lowest BCUT2D eigenvalue weighted by Gasteiger charge is -2.29. The topological polar surface area (TPSA) is 29.0 Å². The Morgan fingerprint density at radius 1 is 1.47 bits per heavy atom. The predicted molar refractivity (Wildman–Crippen MR) is 77.5 cm³/mol. The minimum Gasteiger partial charge on any atom is -0.355 e. The number of thioether (sulfide) groups is 1. The van der Waals surface area contributed by atoms with Crippen LogP contribution in [0.4, 0.5) is 5.82 Å². The van der Waals surface area contributed by atoms with Crippen molar-refractivity contribution in [1.82, 2.24) is 9.97 Å². The molecular weight excluding hydrogens is 277 g/mol. The maximum atomic E-state index is 6.03. The molecule has 0 radical (unpaired) electrons. The quantitative estimate of drug-likeness (QED) is 0.593. The van der Waals surface area contributed by atoms with Gasteiger partial charge in [0, 0.05) is 24.4 Å². The summed E-state index contributed by atoms with van der Waals surface area (Å²) in [6, 6.07) is 0.429. The van der Waals surface area contributed by atoms with E-state index in [1.54, 1.807) is 0 Å². The average molecular weight is 294 g/mol. The molecule has 0 saturated heterocycles. The first-order valence-electron chi connectivity index (χ1n) is 5.42. The molecule has 0 amide bonds. The van der Waals surface area contributed by atoms with Gasteiger partial charge in [-0.15, -0.1) is 11.6 Å². The molecule has 17 heavy (non-hydrogen) atoms. The van der Waals surface area contributed by atoms with Gasteiger partial charge < -0.3 is 4.90 Å². The zero-order valence-corrected chi connectivity index (χ0v) is 12.6. The highest BCUT2D eigenvalue weighted by Gasteiger charge is 2.18. The fourth-order valence-electron chi connectivity index (χ4n) is 1.67. The molecule has 0 saturated carbocycles. The summed E-state index contributed by atoms with van der Waals surface area (Å²) in [7, 11) is 2.03. The van der Waals surface area contributed by atoms with Crippen molar-refractivity contribution in [3.05, 3.63) is 17.0 Å². The van der Waals surface area contributed by atoms with Crippen molar-refractivity contribution >= 4 is 40.8 Å². The summed E-state index contributed by atoms with van der Waals surface area (Å²) in [6.45, 7) is 2.17. The summed E-state index contributed by atoms with van der Waals surface area (Å²) >= 11 is 13.8. The molecule has 3 nitrogen and oxygen atoms in total. The maximum Gasteiger partial charge on any atom is 0.138 e. The van der Waals surface area contributed by atoms with Gasteiger partial charge in [0.05, 0.1) is 5.88 Å². The van der Waals surface area contributed by atoms with Crippen molar-refractivity contribution < 1.29 is 0 Å². The third-order valence-corrected chi connectivity index (χ3v) is 4.03. The molecule has 0 N–H and O–H groups in total. The molecule has 1 heterocycles. The van der Waals surface area contributed by atoms with Gasteiger partial charge in [-0.1, -0.05) is 18.5 Å². The maximum absolute atomic E-state index is 6.03. The number of anilines is 1. The number of rotatable bonds is 6. The summed E-state index contributed by atoms with van der Waals surface area (Å²) in [5.74, 6) is 2.21. The molecule has 0 aliphatic heterocycles. The second-order valence-electron chi connectivity index (χ2n) is 3.73. The highest BCUT2D eigenvalue weighted by molar-refractivity contribution is 7.98. The van der Waals surface area contributed by atoms with Gasteiger partial charge in [-0.05, 0) is 12.7 Å². The van der Waals surface area contributed by atoms with Gasteiger partial charge in [0.1, 0.15) is 17.3 Å². The van der Waals surface area contributed by atoms with Gasteiger partial charge in [0.15, 0.2) is 0 Å². The Hall–Kier alpha value is -0.190. The van der Waals surface area contributed by atoms with E-state index in [2.05, 4.69) is 28.0 Å². The Morgan fingerprint density at radius 2 is 2.18 bits per heavy atom. The van der Waals surface area contributed by atoms with E-state index in [0.29, 0.717) is 17.1 Å². The van der Waals surface area contributed by atoms with E-state index in [9.17, 15) is 0 Å². The van der Waals surface area contributed by atoms with E-state index in [1.807, 2.05) is 18.8 Å². The first-order chi connectivity index (χ1) is 8.15. The summed E-state index contributed by atoms with van der Waals surface area (Å²) in [5, 5.41) is 0.441. The number of hydrogen-bond acceptors (Lipinski definition) is 4. The van der Waals surface area contributed by atoms with Crippen LogP contribution in [-0.2, 0) is 5.88 Å². The van der Waals surface area contributed by atoms with E-state index >= 15 is 0 Å². The molecular formula is C11H17Cl2N3S. The Balaban J connectivity index is 3.01. The monoisotopic (exact) mass is 293 g/mol. The molecule has 0 bridgehead atoms. The van der Waals surface area contributed by atoms with Crippen LogP contribution in [0.15, 0.2) is 6.33 Å². The molecule has 1 aromatic heterocycles. The number of aromatic nitrogens is 2. The fourth-order valence-corrected chi connectivity index (χ4v) is 3.02. The molecule has 6 heteroatoms. The van der Waals surface area contributed by atoms with Gasteiger partial charge in [-0.3, -0.25) is 0 Å². The van der Waals surface area contributed by atoms with Crippen molar-refractivity contribution in [3.8, 4) is 0 Å². The Kier molecular flexibility index (Phi) is 6.38. The normalized spacial score (nSPS) is 12.5. The number of hydrogen-bond donors (Lipinski definition) is 0. The van der Waals surface area contributed by atoms with Crippen molar-refractivity contribution in [2.24, 2.45) is 0 Å². The summed E-state index contributed by atoms with van der Waals surface area (Å²) in [6.07, 6.45) is 4.64. The second-order valence-corrected chi connectivity index (χ2v) is 5.26. The van der Waals surface area contributed by atoms with Crippen LogP contribution in [0.5, 0.6) is 0 Å². The van der Waals surface area contributed by atoms with Gasteiger partial charge in [-0.2, -0.15) is 11.8 Å². The van der Waals surface area contributed by atoms with Gasteiger partial charge in [-0.25, -0.2) is 9.97 Å². The van der Waals surface area contributed by atoms with Crippen molar-refractivity contribution in [2.45, 2.75) is 25.3 Å². The highest BCUT2D eigenvalue weighted by atomic mass is 35.5. The molecule has 0 fully saturated rings. The van der Waals surface area contributed by atoms with Gasteiger partial charge in [0.25, 0.3) is 0 Å². The van der Waals surface area contributed by atoms with Crippen molar-refractivity contribution in [1.29, 1.82) is 0 Å². The van der Waals surface area contributed by atoms with Crippen molar-refractivity contribution in [3.63, 3.8) is 0 Å². The Morgan fingerprint density at radius 3 is 2.71 bits per heavy atom. The lowest BCUT2D eigenvalue weighted by Crippen LogP contribution is -2.34. The first-order valence-corrected chi connectivity index (χ1v) is 7.73. The van der Waals surface area contributed by atoms with E-state index < -0.39 is 0 Å². The molecule has 1 aromatic rings. The van der Waals surface area contributed by atoms with Crippen LogP contribution in [0.25, 0.3) is 0 Å². The number of nitrogens with zero attached hydrogens (tertiary/aromatic N) is 3. The molecule has 1 unspecified atom stereocenters. The summed E-state index contributed by atoms with van der Waals surface area (Å²) < 4.78 is 0. The van der Waals surface area contributed by atoms with Crippen molar-refractivity contribution in [2.75, 3.05) is 24.0 Å². The molecule has 0 aromatic carbocycles. The zero-order chi connectivity index (χ0) is 12.8. The number of alkyl halides is 1. The fraction of sp³-hybridized carbons (Fsp3) is 0.636. The second kappa shape index (κ2) is 7.29. The Bertz CT molecular complexity index is 363. The molecule has 0 aliphatic rings. The van der Waals surface area contributed by atoms with Crippen LogP contribution >= 0.6 is 35.0 Å². The minimum atomic E-state index is 0.328. The standard InChI is InChI=1S/C11H17Cl2N3S/c1-4-8(6-17-3)16(2)11-9(5-12)10(13)14-7-15-11/h7-8H,4-6H2,1-3H3.